The molecular formula is C14H27ClN4O2. The van der Waals surface area contributed by atoms with E-state index in [4.69, 9.17) is 4.74 Å². The quantitative estimate of drug-likeness (QED) is 0.829. The van der Waals surface area contributed by atoms with Gasteiger partial charge >= 0.3 is 0 Å². The standard InChI is InChI=1S/C14H26N4O2.ClH/c1-14(2,3)11(20-6)8-16-13(19)12(15-4)10-7-17-18(5)9-10;/h7,9,11-12,15H,8H2,1-6H3,(H,16,19);1H. The smallest absolute Gasteiger partial charge is 0.241 e. The van der Waals surface area contributed by atoms with E-state index in [0.717, 1.165) is 5.56 Å². The van der Waals surface area contributed by atoms with Crippen molar-refractivity contribution in [3.05, 3.63) is 18.0 Å². The fourth-order valence-electron chi connectivity index (χ4n) is 2.08. The van der Waals surface area contributed by atoms with Crippen LogP contribution >= 0.6 is 12.4 Å². The fourth-order valence-corrected chi connectivity index (χ4v) is 2.08. The summed E-state index contributed by atoms with van der Waals surface area (Å²) in [7, 11) is 5.25. The summed E-state index contributed by atoms with van der Waals surface area (Å²) in [5, 5.41) is 10.0. The molecule has 2 atom stereocenters. The summed E-state index contributed by atoms with van der Waals surface area (Å²) in [4.78, 5) is 12.3. The number of hydrogen-bond acceptors (Lipinski definition) is 4. The molecule has 0 aliphatic carbocycles. The number of aryl methyl sites for hydroxylation is 1. The number of methoxy groups -OCH3 is 1. The van der Waals surface area contributed by atoms with Crippen LogP contribution in [0.1, 0.15) is 32.4 Å². The molecule has 0 aliphatic heterocycles. The molecule has 0 aromatic carbocycles. The Hall–Kier alpha value is -1.11. The molecule has 0 aliphatic rings. The average Bonchev–Trinajstić information content (AvgIpc) is 2.75. The minimum Gasteiger partial charge on any atom is -0.379 e. The molecule has 0 bridgehead atoms. The number of likely N-dealkylation sites (N-methyl/N-ethyl adjacent to an activating group) is 1. The van der Waals surface area contributed by atoms with Crippen LogP contribution in [-0.2, 0) is 16.6 Å². The number of nitrogens with zero attached hydrogens (tertiary/aromatic N) is 2. The van der Waals surface area contributed by atoms with E-state index in [1.165, 1.54) is 0 Å². The molecule has 0 fully saturated rings. The Bertz CT molecular complexity index is 442. The molecule has 0 saturated heterocycles. The van der Waals surface area contributed by atoms with Gasteiger partial charge in [-0.3, -0.25) is 9.48 Å². The first-order chi connectivity index (χ1) is 9.29. The first-order valence-corrected chi connectivity index (χ1v) is 6.76. The average molecular weight is 319 g/mol. The highest BCUT2D eigenvalue weighted by Crippen LogP contribution is 2.21. The van der Waals surface area contributed by atoms with Gasteiger partial charge in [0.2, 0.25) is 5.91 Å². The lowest BCUT2D eigenvalue weighted by Gasteiger charge is -2.30. The highest BCUT2D eigenvalue weighted by Gasteiger charge is 2.26. The Labute approximate surface area is 133 Å². The van der Waals surface area contributed by atoms with E-state index in [1.807, 2.05) is 13.2 Å². The number of ether oxygens (including phenoxy) is 1. The van der Waals surface area contributed by atoms with Crippen molar-refractivity contribution in [2.24, 2.45) is 12.5 Å². The molecule has 0 spiro atoms. The zero-order valence-corrected chi connectivity index (χ0v) is 14.5. The largest absolute Gasteiger partial charge is 0.379 e. The van der Waals surface area contributed by atoms with E-state index in [2.05, 4.69) is 36.5 Å². The van der Waals surface area contributed by atoms with Crippen LogP contribution in [0, 0.1) is 5.41 Å². The second-order valence-corrected chi connectivity index (χ2v) is 6.00. The van der Waals surface area contributed by atoms with Crippen molar-refractivity contribution in [3.63, 3.8) is 0 Å². The Balaban J connectivity index is 0.00000400. The molecule has 2 unspecified atom stereocenters. The van der Waals surface area contributed by atoms with E-state index >= 15 is 0 Å². The van der Waals surface area contributed by atoms with Gasteiger partial charge in [0, 0.05) is 32.5 Å². The van der Waals surface area contributed by atoms with E-state index in [-0.39, 0.29) is 29.8 Å². The van der Waals surface area contributed by atoms with Crippen LogP contribution in [0.3, 0.4) is 0 Å². The maximum atomic E-state index is 12.3. The number of carbonyl (C=O) groups excluding carboxylic acids is 1. The number of aromatic nitrogens is 2. The van der Waals surface area contributed by atoms with Gasteiger partial charge in [-0.05, 0) is 12.5 Å². The predicted molar refractivity (Wildman–Crippen MR) is 85.5 cm³/mol. The lowest BCUT2D eigenvalue weighted by atomic mass is 9.89. The van der Waals surface area contributed by atoms with E-state index in [9.17, 15) is 4.79 Å². The molecule has 6 nitrogen and oxygen atoms in total. The lowest BCUT2D eigenvalue weighted by Crippen LogP contribution is -2.44. The molecule has 122 valence electrons. The van der Waals surface area contributed by atoms with Crippen LogP contribution in [0.15, 0.2) is 12.4 Å². The monoisotopic (exact) mass is 318 g/mol. The van der Waals surface area contributed by atoms with Gasteiger partial charge in [0.1, 0.15) is 6.04 Å². The van der Waals surface area contributed by atoms with Gasteiger partial charge in [-0.2, -0.15) is 5.10 Å². The van der Waals surface area contributed by atoms with Crippen molar-refractivity contribution in [3.8, 4) is 0 Å². The van der Waals surface area contributed by atoms with Crippen molar-refractivity contribution in [2.45, 2.75) is 32.9 Å². The molecule has 0 saturated carbocycles. The number of amides is 1. The van der Waals surface area contributed by atoms with Crippen molar-refractivity contribution < 1.29 is 9.53 Å². The number of nitrogens with one attached hydrogen (secondary N) is 2. The van der Waals surface area contributed by atoms with Crippen LogP contribution < -0.4 is 10.6 Å². The summed E-state index contributed by atoms with van der Waals surface area (Å²) in [6, 6.07) is -0.402. The Morgan fingerprint density at radius 3 is 2.48 bits per heavy atom. The van der Waals surface area contributed by atoms with Gasteiger partial charge in [-0.1, -0.05) is 20.8 Å². The number of rotatable bonds is 6. The highest BCUT2D eigenvalue weighted by atomic mass is 35.5. The first-order valence-electron chi connectivity index (χ1n) is 6.76. The predicted octanol–water partition coefficient (Wildman–Crippen LogP) is 1.28. The zero-order valence-electron chi connectivity index (χ0n) is 13.6. The topological polar surface area (TPSA) is 68.2 Å². The van der Waals surface area contributed by atoms with Gasteiger partial charge in [-0.15, -0.1) is 12.4 Å². The van der Waals surface area contributed by atoms with Gasteiger partial charge in [0.15, 0.2) is 0 Å². The van der Waals surface area contributed by atoms with Crippen molar-refractivity contribution in [2.75, 3.05) is 20.7 Å². The summed E-state index contributed by atoms with van der Waals surface area (Å²) in [5.74, 6) is -0.0770. The van der Waals surface area contributed by atoms with Crippen molar-refractivity contribution >= 4 is 18.3 Å². The van der Waals surface area contributed by atoms with Crippen LogP contribution in [0.2, 0.25) is 0 Å². The molecule has 1 aromatic rings. The second kappa shape index (κ2) is 8.36. The maximum Gasteiger partial charge on any atom is 0.241 e. The van der Waals surface area contributed by atoms with Crippen LogP contribution in [-0.4, -0.2) is 42.5 Å². The second-order valence-electron chi connectivity index (χ2n) is 6.00. The normalized spacial score (nSPS) is 14.2. The Morgan fingerprint density at radius 2 is 2.10 bits per heavy atom. The van der Waals surface area contributed by atoms with Crippen molar-refractivity contribution in [1.82, 2.24) is 20.4 Å². The summed E-state index contributed by atoms with van der Waals surface area (Å²) >= 11 is 0. The van der Waals surface area contributed by atoms with Gasteiger partial charge in [0.25, 0.3) is 0 Å². The van der Waals surface area contributed by atoms with Gasteiger partial charge < -0.3 is 15.4 Å². The van der Waals surface area contributed by atoms with E-state index in [0.29, 0.717) is 6.54 Å². The van der Waals surface area contributed by atoms with Gasteiger partial charge in [-0.25, -0.2) is 0 Å². The molecule has 21 heavy (non-hydrogen) atoms. The SMILES string of the molecule is CNC(C(=O)NCC(OC)C(C)(C)C)c1cnn(C)c1.Cl. The highest BCUT2D eigenvalue weighted by molar-refractivity contribution is 5.85. The number of carbonyl (C=O) groups is 1. The summed E-state index contributed by atoms with van der Waals surface area (Å²) in [6.07, 6.45) is 3.49. The molecule has 1 amide bonds. The van der Waals surface area contributed by atoms with E-state index in [1.54, 1.807) is 25.0 Å². The summed E-state index contributed by atoms with van der Waals surface area (Å²) in [5.41, 5.74) is 0.822. The Kier molecular flexibility index (Phi) is 7.92. The number of halogens is 1. The molecule has 2 N–H and O–H groups in total. The third-order valence-electron chi connectivity index (χ3n) is 3.32. The number of hydrogen-bond donors (Lipinski definition) is 2. The van der Waals surface area contributed by atoms with Crippen LogP contribution in [0.25, 0.3) is 0 Å². The zero-order chi connectivity index (χ0) is 15.3. The molecule has 7 heteroatoms. The van der Waals surface area contributed by atoms with E-state index < -0.39 is 6.04 Å². The minimum atomic E-state index is -0.402. The third-order valence-corrected chi connectivity index (χ3v) is 3.32. The minimum absolute atomic E-state index is 0. The molecule has 0 radical (unpaired) electrons. The van der Waals surface area contributed by atoms with Gasteiger partial charge in [0.05, 0.1) is 12.3 Å². The van der Waals surface area contributed by atoms with Crippen LogP contribution in [0.5, 0.6) is 0 Å². The molecule has 1 heterocycles. The Morgan fingerprint density at radius 1 is 1.48 bits per heavy atom. The molecular weight excluding hydrogens is 292 g/mol. The first kappa shape index (κ1) is 19.9. The lowest BCUT2D eigenvalue weighted by molar-refractivity contribution is -0.124. The van der Waals surface area contributed by atoms with Crippen molar-refractivity contribution in [1.29, 1.82) is 0 Å². The maximum absolute atomic E-state index is 12.3. The third kappa shape index (κ3) is 5.65. The fraction of sp³-hybridized carbons (Fsp3) is 0.714. The molecule has 1 rings (SSSR count). The summed E-state index contributed by atoms with van der Waals surface area (Å²) < 4.78 is 7.12. The van der Waals surface area contributed by atoms with Crippen LogP contribution in [0.4, 0.5) is 0 Å². The summed E-state index contributed by atoms with van der Waals surface area (Å²) in [6.45, 7) is 6.75. The molecule has 1 aromatic heterocycles.